The van der Waals surface area contributed by atoms with Crippen LogP contribution in [0.2, 0.25) is 0 Å². The summed E-state index contributed by atoms with van der Waals surface area (Å²) in [7, 11) is 1.62. The van der Waals surface area contributed by atoms with E-state index < -0.39 is 0 Å². The lowest BCUT2D eigenvalue weighted by molar-refractivity contribution is -0.128. The summed E-state index contributed by atoms with van der Waals surface area (Å²) in [5.41, 5.74) is 0. The Bertz CT molecular complexity index is 349. The second kappa shape index (κ2) is 7.47. The number of likely N-dealkylation sites (tertiary alicyclic amines) is 2. The van der Waals surface area contributed by atoms with E-state index in [-0.39, 0.29) is 18.0 Å². The second-order valence-electron chi connectivity index (χ2n) is 5.51. The number of carbonyl (C=O) groups excluding carboxylic acids is 2. The fraction of sp³-hybridized carbons (Fsp3) is 0.857. The highest BCUT2D eigenvalue weighted by Gasteiger charge is 2.30. The number of amides is 3. The van der Waals surface area contributed by atoms with Gasteiger partial charge in [0.1, 0.15) is 0 Å². The maximum absolute atomic E-state index is 12.2. The van der Waals surface area contributed by atoms with Crippen molar-refractivity contribution < 1.29 is 14.3 Å². The van der Waals surface area contributed by atoms with Crippen molar-refractivity contribution in [3.8, 4) is 0 Å². The van der Waals surface area contributed by atoms with Crippen molar-refractivity contribution in [1.82, 2.24) is 15.1 Å². The van der Waals surface area contributed by atoms with Gasteiger partial charge in [-0.15, -0.1) is 0 Å². The SMILES string of the molecule is COCCNC(=O)N1CCCC[C@H]1CN1CCCC1=O. The summed E-state index contributed by atoms with van der Waals surface area (Å²) in [6.45, 7) is 3.37. The van der Waals surface area contributed by atoms with E-state index in [9.17, 15) is 9.59 Å². The minimum Gasteiger partial charge on any atom is -0.383 e. The molecule has 1 N–H and O–H groups in total. The number of hydrogen-bond donors (Lipinski definition) is 1. The van der Waals surface area contributed by atoms with Crippen LogP contribution in [0, 0.1) is 0 Å². The number of nitrogens with one attached hydrogen (secondary N) is 1. The summed E-state index contributed by atoms with van der Waals surface area (Å²) in [5.74, 6) is 0.232. The predicted octanol–water partition coefficient (Wildman–Crippen LogP) is 0.819. The van der Waals surface area contributed by atoms with E-state index in [1.807, 2.05) is 9.80 Å². The summed E-state index contributed by atoms with van der Waals surface area (Å²) in [5, 5.41) is 2.88. The molecular formula is C14H25N3O3. The minimum absolute atomic E-state index is 0.0293. The number of hydrogen-bond acceptors (Lipinski definition) is 3. The number of ether oxygens (including phenoxy) is 1. The van der Waals surface area contributed by atoms with Crippen LogP contribution in [0.1, 0.15) is 32.1 Å². The Labute approximate surface area is 120 Å². The van der Waals surface area contributed by atoms with Gasteiger partial charge in [0, 0.05) is 39.7 Å². The van der Waals surface area contributed by atoms with Crippen LogP contribution in [0.25, 0.3) is 0 Å². The smallest absolute Gasteiger partial charge is 0.317 e. The monoisotopic (exact) mass is 283 g/mol. The molecule has 0 aromatic heterocycles. The normalized spacial score (nSPS) is 23.2. The minimum atomic E-state index is -0.0293. The highest BCUT2D eigenvalue weighted by molar-refractivity contribution is 5.78. The topological polar surface area (TPSA) is 61.9 Å². The Morgan fingerprint density at radius 3 is 2.90 bits per heavy atom. The zero-order valence-electron chi connectivity index (χ0n) is 12.3. The maximum Gasteiger partial charge on any atom is 0.317 e. The summed E-state index contributed by atoms with van der Waals surface area (Å²) in [4.78, 5) is 27.7. The molecule has 2 fully saturated rings. The lowest BCUT2D eigenvalue weighted by Gasteiger charge is -2.37. The first-order valence-electron chi connectivity index (χ1n) is 7.53. The van der Waals surface area contributed by atoms with E-state index in [0.29, 0.717) is 26.1 Å². The number of nitrogens with zero attached hydrogens (tertiary/aromatic N) is 2. The molecule has 0 saturated carbocycles. The molecule has 0 radical (unpaired) electrons. The summed E-state index contributed by atoms with van der Waals surface area (Å²) >= 11 is 0. The molecule has 1 atom stereocenters. The van der Waals surface area contributed by atoms with Gasteiger partial charge in [0.25, 0.3) is 0 Å². The van der Waals surface area contributed by atoms with Crippen LogP contribution in [-0.2, 0) is 9.53 Å². The van der Waals surface area contributed by atoms with Crippen LogP contribution in [0.5, 0.6) is 0 Å². The molecule has 0 aliphatic carbocycles. The molecule has 0 bridgehead atoms. The van der Waals surface area contributed by atoms with Gasteiger partial charge in [-0.1, -0.05) is 0 Å². The third kappa shape index (κ3) is 3.85. The first-order valence-corrected chi connectivity index (χ1v) is 7.53. The van der Waals surface area contributed by atoms with E-state index >= 15 is 0 Å². The van der Waals surface area contributed by atoms with E-state index in [2.05, 4.69) is 5.32 Å². The van der Waals surface area contributed by atoms with Crippen molar-refractivity contribution in [1.29, 1.82) is 0 Å². The maximum atomic E-state index is 12.2. The van der Waals surface area contributed by atoms with Gasteiger partial charge in [-0.3, -0.25) is 4.79 Å². The Morgan fingerprint density at radius 2 is 2.20 bits per heavy atom. The molecule has 0 unspecified atom stereocenters. The molecule has 0 aromatic rings. The standard InChI is InChI=1S/C14H25N3O3/c1-20-10-7-15-14(19)17-9-3-2-5-12(17)11-16-8-4-6-13(16)18/h12H,2-11H2,1H3,(H,15,19)/t12-/m0/s1. The Kier molecular flexibility index (Phi) is 5.64. The molecule has 2 saturated heterocycles. The first-order chi connectivity index (χ1) is 9.72. The highest BCUT2D eigenvalue weighted by atomic mass is 16.5. The molecule has 0 aromatic carbocycles. The zero-order chi connectivity index (χ0) is 14.4. The molecule has 6 nitrogen and oxygen atoms in total. The molecule has 2 heterocycles. The fourth-order valence-electron chi connectivity index (χ4n) is 2.97. The van der Waals surface area contributed by atoms with Crippen molar-refractivity contribution >= 4 is 11.9 Å². The molecule has 6 heteroatoms. The third-order valence-electron chi connectivity index (χ3n) is 4.07. The molecule has 20 heavy (non-hydrogen) atoms. The zero-order valence-corrected chi connectivity index (χ0v) is 12.3. The van der Waals surface area contributed by atoms with E-state index in [1.165, 1.54) is 0 Å². The molecule has 0 spiro atoms. The number of urea groups is 1. The van der Waals surface area contributed by atoms with Crippen LogP contribution >= 0.6 is 0 Å². The van der Waals surface area contributed by atoms with Gasteiger partial charge in [0.2, 0.25) is 5.91 Å². The lowest BCUT2D eigenvalue weighted by atomic mass is 10.0. The third-order valence-corrected chi connectivity index (χ3v) is 4.07. The average Bonchev–Trinajstić information content (AvgIpc) is 2.85. The van der Waals surface area contributed by atoms with Gasteiger partial charge in [-0.25, -0.2) is 4.79 Å². The summed E-state index contributed by atoms with van der Waals surface area (Å²) < 4.78 is 4.94. The Hall–Kier alpha value is -1.30. The highest BCUT2D eigenvalue weighted by Crippen LogP contribution is 2.20. The second-order valence-corrected chi connectivity index (χ2v) is 5.51. The summed E-state index contributed by atoms with van der Waals surface area (Å²) in [6, 6.07) is 0.131. The van der Waals surface area contributed by atoms with Gasteiger partial charge in [0.05, 0.1) is 12.6 Å². The molecule has 114 valence electrons. The molecule has 2 aliphatic rings. The van der Waals surface area contributed by atoms with Crippen molar-refractivity contribution in [2.45, 2.75) is 38.1 Å². The molecule has 2 rings (SSSR count). The van der Waals surface area contributed by atoms with Crippen molar-refractivity contribution in [3.05, 3.63) is 0 Å². The molecular weight excluding hydrogens is 258 g/mol. The predicted molar refractivity (Wildman–Crippen MR) is 75.4 cm³/mol. The average molecular weight is 283 g/mol. The van der Waals surface area contributed by atoms with Crippen LogP contribution in [0.3, 0.4) is 0 Å². The van der Waals surface area contributed by atoms with Crippen molar-refractivity contribution in [2.24, 2.45) is 0 Å². The van der Waals surface area contributed by atoms with E-state index in [4.69, 9.17) is 4.74 Å². The summed E-state index contributed by atoms with van der Waals surface area (Å²) in [6.07, 6.45) is 4.77. The molecule has 2 aliphatic heterocycles. The van der Waals surface area contributed by atoms with Crippen LogP contribution in [0.15, 0.2) is 0 Å². The van der Waals surface area contributed by atoms with Gasteiger partial charge < -0.3 is 19.9 Å². The van der Waals surface area contributed by atoms with Crippen LogP contribution in [0.4, 0.5) is 4.79 Å². The van der Waals surface area contributed by atoms with Crippen molar-refractivity contribution in [3.63, 3.8) is 0 Å². The quantitative estimate of drug-likeness (QED) is 0.760. The fourth-order valence-corrected chi connectivity index (χ4v) is 2.97. The number of rotatable bonds is 5. The van der Waals surface area contributed by atoms with E-state index in [1.54, 1.807) is 7.11 Å². The number of carbonyl (C=O) groups is 2. The largest absolute Gasteiger partial charge is 0.383 e. The number of piperidine rings is 1. The van der Waals surface area contributed by atoms with E-state index in [0.717, 1.165) is 38.8 Å². The Morgan fingerprint density at radius 1 is 1.35 bits per heavy atom. The molecule has 3 amide bonds. The van der Waals surface area contributed by atoms with Crippen LogP contribution in [-0.4, -0.2) is 67.7 Å². The van der Waals surface area contributed by atoms with Gasteiger partial charge in [-0.05, 0) is 25.7 Å². The lowest BCUT2D eigenvalue weighted by Crippen LogP contribution is -2.53. The van der Waals surface area contributed by atoms with Gasteiger partial charge in [-0.2, -0.15) is 0 Å². The number of methoxy groups -OCH3 is 1. The Balaban J connectivity index is 1.87. The first kappa shape index (κ1) is 15.1. The van der Waals surface area contributed by atoms with Crippen molar-refractivity contribution in [2.75, 3.05) is 39.9 Å². The van der Waals surface area contributed by atoms with Gasteiger partial charge >= 0.3 is 6.03 Å². The van der Waals surface area contributed by atoms with Gasteiger partial charge in [0.15, 0.2) is 0 Å². The van der Waals surface area contributed by atoms with Crippen LogP contribution < -0.4 is 5.32 Å².